The number of hydrogen-bond donors (Lipinski definition) is 1. The van der Waals surface area contributed by atoms with Crippen LogP contribution in [0.25, 0.3) is 9.75 Å². The molecule has 0 saturated carbocycles. The summed E-state index contributed by atoms with van der Waals surface area (Å²) in [5.41, 5.74) is 0. The van der Waals surface area contributed by atoms with Gasteiger partial charge in [0.25, 0.3) is 10.0 Å². The first-order valence-corrected chi connectivity index (χ1v) is 15.9. The third kappa shape index (κ3) is 6.31. The highest BCUT2D eigenvalue weighted by Crippen LogP contribution is 2.37. The molecule has 2 atom stereocenters. The summed E-state index contributed by atoms with van der Waals surface area (Å²) in [6.45, 7) is 8.12. The quantitative estimate of drug-likeness (QED) is 0.468. The molecule has 0 bridgehead atoms. The van der Waals surface area contributed by atoms with Gasteiger partial charge in [0.15, 0.2) is 0 Å². The fourth-order valence-electron chi connectivity index (χ4n) is 4.88. The van der Waals surface area contributed by atoms with Gasteiger partial charge >= 0.3 is 0 Å². The van der Waals surface area contributed by atoms with Crippen molar-refractivity contribution in [1.82, 2.24) is 19.4 Å². The van der Waals surface area contributed by atoms with Crippen LogP contribution in [0, 0.1) is 0 Å². The molecule has 0 radical (unpaired) electrons. The molecule has 0 spiro atoms. The minimum atomic E-state index is -3.88. The number of piperidine rings is 1. The Labute approximate surface area is 226 Å². The molecule has 198 valence electrons. The number of carbonyl (C=O) groups excluding carboxylic acids is 2. The number of rotatable bonds is 10. The van der Waals surface area contributed by atoms with Crippen LogP contribution in [0.4, 0.5) is 0 Å². The minimum absolute atomic E-state index is 0.00585. The van der Waals surface area contributed by atoms with Crippen molar-refractivity contribution in [2.24, 2.45) is 0 Å². The number of halogens is 1. The van der Waals surface area contributed by atoms with E-state index in [1.54, 1.807) is 18.2 Å². The van der Waals surface area contributed by atoms with Gasteiger partial charge in [-0.05, 0) is 63.0 Å². The Morgan fingerprint density at radius 2 is 1.78 bits per heavy atom. The summed E-state index contributed by atoms with van der Waals surface area (Å²) in [5.74, 6) is -0.390. The highest BCUT2D eigenvalue weighted by molar-refractivity contribution is 7.91. The maximum absolute atomic E-state index is 13.2. The van der Waals surface area contributed by atoms with Crippen LogP contribution < -0.4 is 4.72 Å². The third-order valence-corrected chi connectivity index (χ3v) is 11.4. The second kappa shape index (κ2) is 11.9. The first-order valence-electron chi connectivity index (χ1n) is 12.4. The zero-order valence-corrected chi connectivity index (χ0v) is 23.8. The molecule has 12 heteroatoms. The molecule has 4 heterocycles. The number of carbonyl (C=O) groups is 2. The van der Waals surface area contributed by atoms with E-state index in [0.717, 1.165) is 53.6 Å². The topological polar surface area (TPSA) is 90.0 Å². The van der Waals surface area contributed by atoms with Crippen LogP contribution in [0.15, 0.2) is 28.5 Å². The molecule has 2 aliphatic rings. The number of sulfonamides is 1. The van der Waals surface area contributed by atoms with Crippen molar-refractivity contribution in [2.75, 3.05) is 39.3 Å². The normalized spacial score (nSPS) is 21.1. The number of hydrogen-bond acceptors (Lipinski definition) is 7. The van der Waals surface area contributed by atoms with E-state index in [-0.39, 0.29) is 28.6 Å². The van der Waals surface area contributed by atoms with Crippen molar-refractivity contribution in [3.05, 3.63) is 28.6 Å². The van der Waals surface area contributed by atoms with Gasteiger partial charge < -0.3 is 14.7 Å². The summed E-state index contributed by atoms with van der Waals surface area (Å²) in [6, 6.07) is 6.22. The van der Waals surface area contributed by atoms with E-state index in [0.29, 0.717) is 30.3 Å². The maximum atomic E-state index is 13.2. The maximum Gasteiger partial charge on any atom is 0.250 e. The predicted molar refractivity (Wildman–Crippen MR) is 145 cm³/mol. The number of nitrogens with zero attached hydrogens (tertiary/aromatic N) is 3. The zero-order chi connectivity index (χ0) is 25.9. The van der Waals surface area contributed by atoms with Gasteiger partial charge in [-0.25, -0.2) is 8.42 Å². The van der Waals surface area contributed by atoms with E-state index < -0.39 is 16.1 Å². The van der Waals surface area contributed by atoms with E-state index in [1.165, 1.54) is 16.2 Å². The monoisotopic (exact) mass is 572 g/mol. The molecule has 0 aliphatic carbocycles. The Bertz CT molecular complexity index is 1180. The Morgan fingerprint density at radius 3 is 2.47 bits per heavy atom. The van der Waals surface area contributed by atoms with Crippen LogP contribution in [0.3, 0.4) is 0 Å². The number of thiophene rings is 2. The number of likely N-dealkylation sites (tertiary alicyclic amines) is 2. The summed E-state index contributed by atoms with van der Waals surface area (Å²) in [5, 5.41) is 0. The average molecular weight is 573 g/mol. The van der Waals surface area contributed by atoms with Crippen LogP contribution in [0.1, 0.15) is 39.5 Å². The molecule has 8 nitrogen and oxygen atoms in total. The van der Waals surface area contributed by atoms with Crippen molar-refractivity contribution >= 4 is 56.1 Å². The van der Waals surface area contributed by atoms with E-state index in [9.17, 15) is 18.0 Å². The molecule has 4 rings (SSSR count). The van der Waals surface area contributed by atoms with E-state index in [2.05, 4.69) is 23.5 Å². The lowest BCUT2D eigenvalue weighted by molar-refractivity contribution is -0.143. The fraction of sp³-hybridized carbons (Fsp3) is 0.583. The summed E-state index contributed by atoms with van der Waals surface area (Å²) in [6.07, 6.45) is 2.99. The smallest absolute Gasteiger partial charge is 0.250 e. The van der Waals surface area contributed by atoms with Gasteiger partial charge in [0.2, 0.25) is 11.8 Å². The van der Waals surface area contributed by atoms with Crippen LogP contribution in [-0.4, -0.2) is 86.3 Å². The fourth-order valence-corrected chi connectivity index (χ4v) is 8.56. The molecule has 2 fully saturated rings. The lowest BCUT2D eigenvalue weighted by atomic mass is 10.1. The molecule has 0 aromatic carbocycles. The van der Waals surface area contributed by atoms with Crippen LogP contribution in [-0.2, 0) is 19.6 Å². The summed E-state index contributed by atoms with van der Waals surface area (Å²) >= 11 is 8.54. The SMILES string of the molecule is CCN(CC)CC1CCCN1C(=O)CN1CCCC(NS(=O)(=O)c2ccc(-c3ccc(Cl)s3)s2)C1=O. The Balaban J connectivity index is 1.38. The van der Waals surface area contributed by atoms with Gasteiger partial charge in [-0.3, -0.25) is 9.59 Å². The lowest BCUT2D eigenvalue weighted by Gasteiger charge is -2.35. The Hall–Kier alpha value is -1.50. The van der Waals surface area contributed by atoms with Crippen molar-refractivity contribution in [2.45, 2.75) is 55.8 Å². The Morgan fingerprint density at radius 1 is 1.08 bits per heavy atom. The summed E-state index contributed by atoms with van der Waals surface area (Å²) in [4.78, 5) is 33.8. The second-order valence-electron chi connectivity index (χ2n) is 9.17. The van der Waals surface area contributed by atoms with E-state index >= 15 is 0 Å². The molecule has 2 unspecified atom stereocenters. The third-order valence-electron chi connectivity index (χ3n) is 6.88. The minimum Gasteiger partial charge on any atom is -0.337 e. The molecule has 2 amide bonds. The standard InChI is InChI=1S/C24H33ClN4O4S3/c1-3-27(4-2)15-17-7-5-14-29(17)22(30)16-28-13-6-8-18(24(28)31)26-36(32,33)23-12-10-20(35-23)19-9-11-21(25)34-19/h9-12,17-18,26H,3-8,13-16H2,1-2H3. The average Bonchev–Trinajstić information content (AvgIpc) is 3.60. The van der Waals surface area contributed by atoms with Gasteiger partial charge in [-0.1, -0.05) is 25.4 Å². The number of likely N-dealkylation sites (N-methyl/N-ethyl adjacent to an activating group) is 1. The summed E-state index contributed by atoms with van der Waals surface area (Å²) in [7, 11) is -3.88. The number of amides is 2. The predicted octanol–water partition coefficient (Wildman–Crippen LogP) is 3.73. The van der Waals surface area contributed by atoms with Gasteiger partial charge in [0.1, 0.15) is 10.3 Å². The Kier molecular flexibility index (Phi) is 9.11. The first-order chi connectivity index (χ1) is 17.2. The van der Waals surface area contributed by atoms with Crippen LogP contribution >= 0.6 is 34.3 Å². The molecule has 36 heavy (non-hydrogen) atoms. The lowest BCUT2D eigenvalue weighted by Crippen LogP contribution is -2.55. The molecule has 2 aromatic heterocycles. The number of nitrogens with one attached hydrogen (secondary N) is 1. The van der Waals surface area contributed by atoms with Gasteiger partial charge in [-0.15, -0.1) is 22.7 Å². The molecule has 1 N–H and O–H groups in total. The van der Waals surface area contributed by atoms with Gasteiger partial charge in [-0.2, -0.15) is 4.72 Å². The largest absolute Gasteiger partial charge is 0.337 e. The van der Waals surface area contributed by atoms with Crippen molar-refractivity contribution in [1.29, 1.82) is 0 Å². The van der Waals surface area contributed by atoms with Crippen LogP contribution in [0.2, 0.25) is 4.34 Å². The van der Waals surface area contributed by atoms with Crippen LogP contribution in [0.5, 0.6) is 0 Å². The molecular formula is C24H33ClN4O4S3. The second-order valence-corrected chi connectivity index (χ2v) is 13.9. The molecular weight excluding hydrogens is 540 g/mol. The van der Waals surface area contributed by atoms with Crippen molar-refractivity contribution in [3.8, 4) is 9.75 Å². The first kappa shape index (κ1) is 27.5. The van der Waals surface area contributed by atoms with Crippen molar-refractivity contribution in [3.63, 3.8) is 0 Å². The summed E-state index contributed by atoms with van der Waals surface area (Å²) < 4.78 is 29.5. The van der Waals surface area contributed by atoms with E-state index in [4.69, 9.17) is 11.6 Å². The highest BCUT2D eigenvalue weighted by Gasteiger charge is 2.36. The van der Waals surface area contributed by atoms with E-state index in [1.807, 2.05) is 11.0 Å². The molecule has 2 saturated heterocycles. The molecule has 2 aliphatic heterocycles. The van der Waals surface area contributed by atoms with Gasteiger partial charge in [0.05, 0.1) is 10.9 Å². The van der Waals surface area contributed by atoms with Crippen molar-refractivity contribution < 1.29 is 18.0 Å². The zero-order valence-electron chi connectivity index (χ0n) is 20.6. The molecule has 2 aromatic rings. The highest BCUT2D eigenvalue weighted by atomic mass is 35.5. The van der Waals surface area contributed by atoms with Gasteiger partial charge in [0, 0.05) is 35.4 Å².